The zero-order valence-electron chi connectivity index (χ0n) is 11.8. The number of pyridine rings is 1. The van der Waals surface area contributed by atoms with E-state index < -0.39 is 10.0 Å². The minimum Gasteiger partial charge on any atom is -0.305 e. The number of sulfonamides is 1. The Morgan fingerprint density at radius 2 is 2.15 bits per heavy atom. The summed E-state index contributed by atoms with van der Waals surface area (Å²) >= 11 is 0. The van der Waals surface area contributed by atoms with E-state index in [-0.39, 0.29) is 22.5 Å². The molecule has 7 heteroatoms. The third-order valence-electron chi connectivity index (χ3n) is 3.70. The molecule has 2 unspecified atom stereocenters. The first-order valence-electron chi connectivity index (χ1n) is 6.39. The highest BCUT2D eigenvalue weighted by Crippen LogP contribution is 2.27. The topological polar surface area (TPSA) is 77.3 Å². The lowest BCUT2D eigenvalue weighted by molar-refractivity contribution is 0.263. The van der Waals surface area contributed by atoms with Crippen LogP contribution in [0.5, 0.6) is 0 Å². The molecule has 0 N–H and O–H groups in total. The monoisotopic (exact) mass is 294 g/mol. The quantitative estimate of drug-likeness (QED) is 0.812. The summed E-state index contributed by atoms with van der Waals surface area (Å²) in [4.78, 5) is 5.86. The van der Waals surface area contributed by atoms with Crippen molar-refractivity contribution in [1.29, 1.82) is 5.26 Å². The zero-order valence-corrected chi connectivity index (χ0v) is 12.6. The summed E-state index contributed by atoms with van der Waals surface area (Å²) in [6, 6.07) is 5.01. The van der Waals surface area contributed by atoms with Gasteiger partial charge in [0.15, 0.2) is 5.69 Å². The molecule has 1 aliphatic rings. The van der Waals surface area contributed by atoms with Crippen LogP contribution in [0.3, 0.4) is 0 Å². The molecule has 2 heterocycles. The van der Waals surface area contributed by atoms with E-state index in [4.69, 9.17) is 5.26 Å². The Morgan fingerprint density at radius 1 is 1.45 bits per heavy atom. The standard InChI is InChI=1S/C13H18N4O2S/c1-10-8-17(9-12(10)16(2)3)20(18,19)13-5-4-6-15-11(13)7-14/h4-6,10,12H,8-9H2,1-3H3. The SMILES string of the molecule is CC1CN(S(=O)(=O)c2cccnc2C#N)CC1N(C)C. The number of likely N-dealkylation sites (N-methyl/N-ethyl adjacent to an activating group) is 1. The Labute approximate surface area is 119 Å². The molecule has 6 nitrogen and oxygen atoms in total. The molecule has 1 saturated heterocycles. The van der Waals surface area contributed by atoms with Gasteiger partial charge in [-0.25, -0.2) is 13.4 Å². The van der Waals surface area contributed by atoms with Crippen molar-refractivity contribution in [2.75, 3.05) is 27.2 Å². The second-order valence-electron chi connectivity index (χ2n) is 5.29. The van der Waals surface area contributed by atoms with Crippen LogP contribution in [-0.2, 0) is 10.0 Å². The third kappa shape index (κ3) is 2.54. The van der Waals surface area contributed by atoms with Crippen molar-refractivity contribution in [3.05, 3.63) is 24.0 Å². The maximum absolute atomic E-state index is 12.6. The van der Waals surface area contributed by atoms with Crippen LogP contribution >= 0.6 is 0 Å². The van der Waals surface area contributed by atoms with Gasteiger partial charge in [-0.15, -0.1) is 0 Å². The van der Waals surface area contributed by atoms with E-state index in [2.05, 4.69) is 4.98 Å². The van der Waals surface area contributed by atoms with Gasteiger partial charge >= 0.3 is 0 Å². The van der Waals surface area contributed by atoms with Gasteiger partial charge in [0.1, 0.15) is 11.0 Å². The summed E-state index contributed by atoms with van der Waals surface area (Å²) < 4.78 is 26.7. The minimum atomic E-state index is -3.66. The molecule has 0 spiro atoms. The summed E-state index contributed by atoms with van der Waals surface area (Å²) in [5.74, 6) is 0.252. The molecule has 1 fully saturated rings. The number of nitrogens with zero attached hydrogens (tertiary/aromatic N) is 4. The maximum Gasteiger partial charge on any atom is 0.246 e. The molecule has 0 aromatic carbocycles. The van der Waals surface area contributed by atoms with Crippen molar-refractivity contribution >= 4 is 10.0 Å². The van der Waals surface area contributed by atoms with E-state index >= 15 is 0 Å². The molecule has 0 bridgehead atoms. The van der Waals surface area contributed by atoms with Crippen molar-refractivity contribution in [2.45, 2.75) is 17.9 Å². The van der Waals surface area contributed by atoms with Gasteiger partial charge in [0, 0.05) is 25.3 Å². The predicted molar refractivity (Wildman–Crippen MR) is 74.3 cm³/mol. The third-order valence-corrected chi connectivity index (χ3v) is 5.56. The lowest BCUT2D eigenvalue weighted by Crippen LogP contribution is -2.36. The largest absolute Gasteiger partial charge is 0.305 e. The molecule has 0 radical (unpaired) electrons. The van der Waals surface area contributed by atoms with Crippen LogP contribution in [0.1, 0.15) is 12.6 Å². The van der Waals surface area contributed by atoms with Crippen LogP contribution in [0, 0.1) is 17.2 Å². The predicted octanol–water partition coefficient (Wildman–Crippen LogP) is 0.524. The van der Waals surface area contributed by atoms with Crippen molar-refractivity contribution in [1.82, 2.24) is 14.2 Å². The Bertz CT molecular complexity index is 636. The first kappa shape index (κ1) is 14.9. The van der Waals surface area contributed by atoms with E-state index in [1.165, 1.54) is 22.6 Å². The van der Waals surface area contributed by atoms with Gasteiger partial charge in [0.2, 0.25) is 10.0 Å². The molecule has 0 amide bonds. The lowest BCUT2D eigenvalue weighted by Gasteiger charge is -2.22. The molecule has 2 atom stereocenters. The Hall–Kier alpha value is -1.49. The average Bonchev–Trinajstić information content (AvgIpc) is 2.81. The van der Waals surface area contributed by atoms with Crippen LogP contribution < -0.4 is 0 Å². The Morgan fingerprint density at radius 3 is 2.70 bits per heavy atom. The summed E-state index contributed by atoms with van der Waals surface area (Å²) in [5, 5.41) is 9.01. The molecule has 108 valence electrons. The molecule has 2 rings (SSSR count). The van der Waals surface area contributed by atoms with E-state index in [0.717, 1.165) is 0 Å². The van der Waals surface area contributed by atoms with Crippen molar-refractivity contribution < 1.29 is 8.42 Å². The molecule has 20 heavy (non-hydrogen) atoms. The summed E-state index contributed by atoms with van der Waals surface area (Å²) in [6.07, 6.45) is 1.42. The fraction of sp³-hybridized carbons (Fsp3) is 0.538. The van der Waals surface area contributed by atoms with E-state index in [0.29, 0.717) is 13.1 Å². The van der Waals surface area contributed by atoms with Crippen LogP contribution in [0.25, 0.3) is 0 Å². The first-order chi connectivity index (χ1) is 9.37. The molecular weight excluding hydrogens is 276 g/mol. The van der Waals surface area contributed by atoms with Crippen molar-refractivity contribution in [3.63, 3.8) is 0 Å². The molecular formula is C13H18N4O2S. The number of aromatic nitrogens is 1. The first-order valence-corrected chi connectivity index (χ1v) is 7.83. The molecule has 1 aliphatic heterocycles. The number of hydrogen-bond acceptors (Lipinski definition) is 5. The van der Waals surface area contributed by atoms with Gasteiger partial charge in [-0.3, -0.25) is 0 Å². The van der Waals surface area contributed by atoms with Crippen LogP contribution in [0.4, 0.5) is 0 Å². The molecule has 0 aliphatic carbocycles. The Balaban J connectivity index is 2.36. The number of rotatable bonds is 3. The summed E-state index contributed by atoms with van der Waals surface area (Å²) in [6.45, 7) is 2.94. The van der Waals surface area contributed by atoms with Gasteiger partial charge < -0.3 is 4.90 Å². The van der Waals surface area contributed by atoms with Gasteiger partial charge in [0.25, 0.3) is 0 Å². The smallest absolute Gasteiger partial charge is 0.246 e. The molecule has 0 saturated carbocycles. The number of hydrogen-bond donors (Lipinski definition) is 0. The minimum absolute atomic E-state index is 0.00546. The fourth-order valence-electron chi connectivity index (χ4n) is 2.60. The van der Waals surface area contributed by atoms with Gasteiger partial charge in [-0.1, -0.05) is 6.92 Å². The van der Waals surface area contributed by atoms with E-state index in [1.54, 1.807) is 0 Å². The van der Waals surface area contributed by atoms with E-state index in [9.17, 15) is 8.42 Å². The second-order valence-corrected chi connectivity index (χ2v) is 7.20. The van der Waals surface area contributed by atoms with Crippen LogP contribution in [-0.4, -0.2) is 55.8 Å². The van der Waals surface area contributed by atoms with E-state index in [1.807, 2.05) is 32.0 Å². The fourth-order valence-corrected chi connectivity index (χ4v) is 4.25. The average molecular weight is 294 g/mol. The highest BCUT2D eigenvalue weighted by Gasteiger charge is 2.39. The van der Waals surface area contributed by atoms with Crippen molar-refractivity contribution in [2.24, 2.45) is 5.92 Å². The van der Waals surface area contributed by atoms with Gasteiger partial charge in [-0.2, -0.15) is 9.57 Å². The van der Waals surface area contributed by atoms with Crippen LogP contribution in [0.15, 0.2) is 23.2 Å². The number of nitriles is 1. The highest BCUT2D eigenvalue weighted by molar-refractivity contribution is 7.89. The second kappa shape index (κ2) is 5.48. The highest BCUT2D eigenvalue weighted by atomic mass is 32.2. The van der Waals surface area contributed by atoms with Gasteiger partial charge in [0.05, 0.1) is 0 Å². The Kier molecular flexibility index (Phi) is 4.09. The normalized spacial score (nSPS) is 23.9. The lowest BCUT2D eigenvalue weighted by atomic mass is 10.1. The zero-order chi connectivity index (χ0) is 14.9. The summed E-state index contributed by atoms with van der Waals surface area (Å²) in [7, 11) is 0.234. The van der Waals surface area contributed by atoms with Gasteiger partial charge in [-0.05, 0) is 32.1 Å². The van der Waals surface area contributed by atoms with Crippen LogP contribution in [0.2, 0.25) is 0 Å². The molecule has 1 aromatic heterocycles. The van der Waals surface area contributed by atoms with Crippen molar-refractivity contribution in [3.8, 4) is 6.07 Å². The molecule has 1 aromatic rings. The summed E-state index contributed by atoms with van der Waals surface area (Å²) in [5.41, 5.74) is -0.0477. The maximum atomic E-state index is 12.6.